The fourth-order valence-corrected chi connectivity index (χ4v) is 19.3. The Bertz CT molecular complexity index is 7820. The summed E-state index contributed by atoms with van der Waals surface area (Å²) in [7, 11) is 0. The third-order valence-corrected chi connectivity index (χ3v) is 24.4. The molecule has 4 aliphatic rings. The minimum Gasteiger partial charge on any atom is -0.457 e. The Labute approximate surface area is 700 Å². The van der Waals surface area contributed by atoms with E-state index in [0.717, 1.165) is 133 Å². The summed E-state index contributed by atoms with van der Waals surface area (Å²) in [6.45, 7) is 17.0. The monoisotopic (exact) mass is 1560 g/mol. The largest absolute Gasteiger partial charge is 0.457 e. The maximum absolute atomic E-state index is 11.0. The van der Waals surface area contributed by atoms with Gasteiger partial charge in [0.2, 0.25) is 0 Å². The number of aromatic nitrogens is 8. The van der Waals surface area contributed by atoms with Crippen molar-refractivity contribution in [3.8, 4) is 137 Å². The molecule has 6 heterocycles. The highest BCUT2D eigenvalue weighted by atomic mass is 16.5. The Morgan fingerprint density at radius 1 is 0.254 bits per heavy atom. The van der Waals surface area contributed by atoms with E-state index in [4.69, 9.17) is 52.5 Å². The number of rotatable bonds is 8. The molecule has 0 amide bonds. The standard InChI is InChI=1S/2C54H30N6O/c1-56-45-31-47(35(32-55)28-40(45)53-58-51(33-16-4-2-5-17-33)57-52(59-53)34-18-6-3-7-19-34)60-46-25-13-9-21-37(46)39-29-44-38(30-48(39)60)36-20-8-10-22-41(36)54(44)42-23-11-14-26-49(42)61-50-27-15-12-24-43(50)54;1-56-45-31-47(35(32-55)28-40(45)53-58-51(33-16-4-2-5-17-33)57-52(59-53)34-18-6-3-7-19-34)60-46-25-13-9-21-37(46)39-29-38-36-20-8-10-22-41(36)54(44(38)30-48(39)60)42-23-11-14-26-49(42)61-50-27-15-12-24-43(50)54/h2*2-31H. The van der Waals surface area contributed by atoms with Gasteiger partial charge in [-0.2, -0.15) is 10.5 Å². The van der Waals surface area contributed by atoms with Crippen molar-refractivity contribution in [3.63, 3.8) is 0 Å². The van der Waals surface area contributed by atoms with E-state index < -0.39 is 10.8 Å². The van der Waals surface area contributed by atoms with Gasteiger partial charge >= 0.3 is 0 Å². The lowest BCUT2D eigenvalue weighted by Crippen LogP contribution is -2.32. The molecule has 0 saturated heterocycles. The lowest BCUT2D eigenvalue weighted by atomic mass is 9.66. The molecule has 20 aromatic rings. The SMILES string of the molecule is [C-]#[N+]c1cc(-n2c3ccccc3c3cc4c(cc32)-c2ccccc2C42c3ccccc3Oc3ccccc32)c(C#N)cc1-c1nc(-c2ccccc2)nc(-c2ccccc2)n1.[C-]#[N+]c1cc(-n2c3ccccc3c3cc4c(cc32)C2(c3ccccc3Oc3ccccc32)c2ccccc2-4)c(C#N)cc1-c1nc(-c2ccccc2)nc(-c2ccccc2)n1. The topological polar surface area (TPSA) is 162 Å². The molecule has 14 heteroatoms. The minimum atomic E-state index is -0.679. The Hall–Kier alpha value is -17.3. The molecular formula is C108H60N12O2. The summed E-state index contributed by atoms with van der Waals surface area (Å²) < 4.78 is 17.5. The molecule has 0 N–H and O–H groups in total. The van der Waals surface area contributed by atoms with Gasteiger partial charge in [-0.15, -0.1) is 0 Å². The van der Waals surface area contributed by atoms with Gasteiger partial charge in [-0.25, -0.2) is 39.6 Å². The van der Waals surface area contributed by atoms with E-state index in [0.29, 0.717) is 79.9 Å². The third kappa shape index (κ3) is 10.5. The highest BCUT2D eigenvalue weighted by Gasteiger charge is 2.53. The fraction of sp³-hybridized carbons (Fsp3) is 0.0185. The van der Waals surface area contributed by atoms with Crippen molar-refractivity contribution >= 4 is 55.0 Å². The van der Waals surface area contributed by atoms with Gasteiger partial charge in [-0.3, -0.25) is 0 Å². The summed E-state index contributed by atoms with van der Waals surface area (Å²) in [6, 6.07) is 128. The summed E-state index contributed by atoms with van der Waals surface area (Å²) in [6.07, 6.45) is 0. The molecule has 0 radical (unpaired) electrons. The third-order valence-electron chi connectivity index (χ3n) is 24.4. The zero-order chi connectivity index (χ0) is 81.3. The van der Waals surface area contributed by atoms with E-state index in [-0.39, 0.29) is 0 Å². The molecule has 2 spiro atoms. The molecule has 122 heavy (non-hydrogen) atoms. The summed E-state index contributed by atoms with van der Waals surface area (Å²) >= 11 is 0. The van der Waals surface area contributed by atoms with Gasteiger partial charge in [-0.05, 0) is 129 Å². The molecule has 16 aromatic carbocycles. The van der Waals surface area contributed by atoms with Gasteiger partial charge < -0.3 is 18.6 Å². The summed E-state index contributed by atoms with van der Waals surface area (Å²) in [5.41, 5.74) is 22.8. The van der Waals surface area contributed by atoms with E-state index in [2.05, 4.69) is 195 Å². The van der Waals surface area contributed by atoms with Gasteiger partial charge in [0.1, 0.15) is 35.1 Å². The molecule has 0 bridgehead atoms. The van der Waals surface area contributed by atoms with E-state index in [1.54, 1.807) is 12.1 Å². The lowest BCUT2D eigenvalue weighted by molar-refractivity contribution is 0.436. The normalized spacial score (nSPS) is 12.8. The Morgan fingerprint density at radius 3 is 0.934 bits per heavy atom. The van der Waals surface area contributed by atoms with Crippen LogP contribution in [0, 0.1) is 35.8 Å². The van der Waals surface area contributed by atoms with Crippen molar-refractivity contribution in [2.75, 3.05) is 0 Å². The minimum absolute atomic E-state index is 0.318. The van der Waals surface area contributed by atoms with Crippen LogP contribution in [0.4, 0.5) is 11.4 Å². The maximum atomic E-state index is 11.0. The second kappa shape index (κ2) is 27.7. The number of hydrogen-bond acceptors (Lipinski definition) is 10. The summed E-state index contributed by atoms with van der Waals surface area (Å²) in [5, 5.41) is 26.2. The van der Waals surface area contributed by atoms with Crippen LogP contribution in [-0.2, 0) is 10.8 Å². The van der Waals surface area contributed by atoms with E-state index in [1.165, 1.54) is 22.3 Å². The smallest absolute Gasteiger partial charge is 0.200 e. The predicted octanol–water partition coefficient (Wildman–Crippen LogP) is 25.7. The quantitative estimate of drug-likeness (QED) is 0.134. The number of benzene rings is 16. The average molecular weight is 1560 g/mol. The van der Waals surface area contributed by atoms with Crippen LogP contribution in [-0.4, -0.2) is 39.0 Å². The molecule has 0 unspecified atom stereocenters. The zero-order valence-corrected chi connectivity index (χ0v) is 64.8. The zero-order valence-electron chi connectivity index (χ0n) is 64.8. The first kappa shape index (κ1) is 70.1. The number of para-hydroxylation sites is 6. The van der Waals surface area contributed by atoms with Crippen LogP contribution in [0.3, 0.4) is 0 Å². The number of ether oxygens (including phenoxy) is 2. The van der Waals surface area contributed by atoms with Gasteiger partial charge in [0.15, 0.2) is 46.3 Å². The van der Waals surface area contributed by atoms with Crippen LogP contribution in [0.1, 0.15) is 55.6 Å². The van der Waals surface area contributed by atoms with Gasteiger partial charge in [0.25, 0.3) is 0 Å². The predicted molar refractivity (Wildman–Crippen MR) is 478 cm³/mol. The van der Waals surface area contributed by atoms with Crippen LogP contribution in [0.2, 0.25) is 0 Å². The van der Waals surface area contributed by atoms with Crippen molar-refractivity contribution in [2.45, 2.75) is 10.8 Å². The van der Waals surface area contributed by atoms with E-state index in [9.17, 15) is 10.5 Å². The van der Waals surface area contributed by atoms with Crippen LogP contribution in [0.15, 0.2) is 364 Å². The molecular weight excluding hydrogens is 1500 g/mol. The summed E-state index contributed by atoms with van der Waals surface area (Å²) in [5.74, 6) is 5.85. The first-order valence-electron chi connectivity index (χ1n) is 40.1. The number of nitriles is 2. The second-order valence-corrected chi connectivity index (χ2v) is 30.6. The molecule has 0 fully saturated rings. The van der Waals surface area contributed by atoms with Crippen LogP contribution in [0.25, 0.3) is 155 Å². The van der Waals surface area contributed by atoms with Crippen LogP contribution >= 0.6 is 0 Å². The number of hydrogen-bond donors (Lipinski definition) is 0. The van der Waals surface area contributed by atoms with Crippen molar-refractivity contribution in [1.82, 2.24) is 39.0 Å². The van der Waals surface area contributed by atoms with Gasteiger partial charge in [-0.1, -0.05) is 279 Å². The maximum Gasteiger partial charge on any atom is 0.200 e. The molecule has 0 atom stereocenters. The molecule has 24 rings (SSSR count). The second-order valence-electron chi connectivity index (χ2n) is 30.6. The Morgan fingerprint density at radius 2 is 0.557 bits per heavy atom. The molecule has 14 nitrogen and oxygen atoms in total. The molecule has 4 aromatic heterocycles. The van der Waals surface area contributed by atoms with Crippen molar-refractivity contribution in [1.29, 1.82) is 10.5 Å². The average Bonchev–Trinajstić information content (AvgIpc) is 1.51. The molecule has 0 saturated carbocycles. The lowest BCUT2D eigenvalue weighted by Gasteiger charge is -2.39. The Kier molecular flexibility index (Phi) is 15.9. The first-order valence-corrected chi connectivity index (χ1v) is 40.1. The summed E-state index contributed by atoms with van der Waals surface area (Å²) in [4.78, 5) is 37.5. The molecule has 2 aliphatic heterocycles. The highest BCUT2D eigenvalue weighted by Crippen LogP contribution is 2.65. The van der Waals surface area contributed by atoms with E-state index >= 15 is 0 Å². The Balaban J connectivity index is 0.000000142. The highest BCUT2D eigenvalue weighted by molar-refractivity contribution is 6.14. The van der Waals surface area contributed by atoms with E-state index in [1.807, 2.05) is 188 Å². The van der Waals surface area contributed by atoms with Crippen molar-refractivity contribution in [2.24, 2.45) is 0 Å². The van der Waals surface area contributed by atoms with Crippen molar-refractivity contribution < 1.29 is 9.47 Å². The van der Waals surface area contributed by atoms with Gasteiger partial charge in [0, 0.05) is 77.2 Å². The van der Waals surface area contributed by atoms with Crippen LogP contribution in [0.5, 0.6) is 23.0 Å². The van der Waals surface area contributed by atoms with Crippen LogP contribution < -0.4 is 9.47 Å². The number of fused-ring (bicyclic) bond motifs is 24. The number of nitrogens with zero attached hydrogens (tertiary/aromatic N) is 12. The van der Waals surface area contributed by atoms with Crippen molar-refractivity contribution in [3.05, 3.63) is 442 Å². The molecule has 564 valence electrons. The van der Waals surface area contributed by atoms with Gasteiger partial charge in [0.05, 0.1) is 68.5 Å². The fourth-order valence-electron chi connectivity index (χ4n) is 19.3. The first-order chi connectivity index (χ1) is 60.3. The molecule has 2 aliphatic carbocycles.